The van der Waals surface area contributed by atoms with Gasteiger partial charge < -0.3 is 10.1 Å². The van der Waals surface area contributed by atoms with Gasteiger partial charge in [0.15, 0.2) is 5.16 Å². The summed E-state index contributed by atoms with van der Waals surface area (Å²) >= 11 is 1.36. The normalized spacial score (nSPS) is 12.0. The number of aromatic nitrogens is 3. The van der Waals surface area contributed by atoms with Crippen molar-refractivity contribution in [3.8, 4) is 11.4 Å². The Labute approximate surface area is 169 Å². The molecule has 0 spiro atoms. The highest BCUT2D eigenvalue weighted by Crippen LogP contribution is 2.26. The molecule has 1 atom stereocenters. The number of methoxy groups -OCH3 is 1. The summed E-state index contributed by atoms with van der Waals surface area (Å²) in [7, 11) is 1.63. The molecule has 0 fully saturated rings. The highest BCUT2D eigenvalue weighted by molar-refractivity contribution is 8.00. The smallest absolute Gasteiger partial charge is 0.237 e. The minimum atomic E-state index is -0.335. The van der Waals surface area contributed by atoms with E-state index in [2.05, 4.69) is 29.4 Å². The molecule has 0 aliphatic carbocycles. The first-order valence-corrected chi connectivity index (χ1v) is 9.98. The number of thioether (sulfide) groups is 1. The third kappa shape index (κ3) is 4.72. The van der Waals surface area contributed by atoms with Crippen LogP contribution in [0.15, 0.2) is 60.0 Å². The van der Waals surface area contributed by atoms with Gasteiger partial charge >= 0.3 is 0 Å². The minimum Gasteiger partial charge on any atom is -0.497 e. The van der Waals surface area contributed by atoms with Crippen molar-refractivity contribution in [1.82, 2.24) is 14.8 Å². The van der Waals surface area contributed by atoms with Gasteiger partial charge in [0.1, 0.15) is 12.1 Å². The van der Waals surface area contributed by atoms with E-state index in [-0.39, 0.29) is 11.2 Å². The van der Waals surface area contributed by atoms with Crippen LogP contribution in [0.5, 0.6) is 5.75 Å². The number of nitrogens with one attached hydrogen (secondary N) is 1. The highest BCUT2D eigenvalue weighted by Gasteiger charge is 2.19. The van der Waals surface area contributed by atoms with Crippen LogP contribution >= 0.6 is 11.8 Å². The van der Waals surface area contributed by atoms with Crippen molar-refractivity contribution < 1.29 is 9.53 Å². The van der Waals surface area contributed by atoms with E-state index in [0.29, 0.717) is 11.1 Å². The van der Waals surface area contributed by atoms with E-state index in [9.17, 15) is 4.79 Å². The molecule has 1 N–H and O–H groups in total. The van der Waals surface area contributed by atoms with Crippen LogP contribution in [0.25, 0.3) is 5.69 Å². The molecule has 0 saturated carbocycles. The first-order chi connectivity index (χ1) is 13.5. The number of hydrogen-bond acceptors (Lipinski definition) is 5. The van der Waals surface area contributed by atoms with Crippen LogP contribution in [-0.2, 0) is 4.79 Å². The molecule has 1 aromatic heterocycles. The fourth-order valence-electron chi connectivity index (χ4n) is 2.65. The third-order valence-electron chi connectivity index (χ3n) is 4.34. The number of amides is 1. The second-order valence-corrected chi connectivity index (χ2v) is 8.02. The number of hydrogen-bond donors (Lipinski definition) is 1. The largest absolute Gasteiger partial charge is 0.497 e. The summed E-state index contributed by atoms with van der Waals surface area (Å²) < 4.78 is 7.12. The van der Waals surface area contributed by atoms with Crippen molar-refractivity contribution in [2.45, 2.75) is 37.1 Å². The zero-order chi connectivity index (χ0) is 20.1. The lowest BCUT2D eigenvalue weighted by molar-refractivity contribution is -0.115. The van der Waals surface area contributed by atoms with Crippen LogP contribution in [0.3, 0.4) is 0 Å². The van der Waals surface area contributed by atoms with Gasteiger partial charge in [-0.2, -0.15) is 0 Å². The number of rotatable bonds is 7. The first kappa shape index (κ1) is 19.9. The lowest BCUT2D eigenvalue weighted by Crippen LogP contribution is -2.22. The fraction of sp³-hybridized carbons (Fsp3) is 0.286. The fourth-order valence-corrected chi connectivity index (χ4v) is 3.49. The molecule has 0 saturated heterocycles. The molecule has 1 heterocycles. The van der Waals surface area contributed by atoms with Gasteiger partial charge in [0.2, 0.25) is 5.91 Å². The molecular formula is C21H24N4O2S. The predicted molar refractivity (Wildman–Crippen MR) is 112 cm³/mol. The van der Waals surface area contributed by atoms with E-state index in [1.165, 1.54) is 17.3 Å². The molecular weight excluding hydrogens is 372 g/mol. The van der Waals surface area contributed by atoms with Gasteiger partial charge in [0.25, 0.3) is 0 Å². The molecule has 0 radical (unpaired) electrons. The van der Waals surface area contributed by atoms with Crippen molar-refractivity contribution in [1.29, 1.82) is 0 Å². The maximum atomic E-state index is 12.6. The monoisotopic (exact) mass is 396 g/mol. The van der Waals surface area contributed by atoms with Gasteiger partial charge in [-0.3, -0.25) is 9.36 Å². The van der Waals surface area contributed by atoms with Crippen LogP contribution < -0.4 is 10.1 Å². The summed E-state index contributed by atoms with van der Waals surface area (Å²) in [5, 5.41) is 11.4. The second kappa shape index (κ2) is 8.93. The molecule has 1 amide bonds. The van der Waals surface area contributed by atoms with Gasteiger partial charge in [-0.05, 0) is 42.7 Å². The number of nitrogens with zero attached hydrogens (tertiary/aromatic N) is 3. The Hall–Kier alpha value is -2.80. The summed E-state index contributed by atoms with van der Waals surface area (Å²) in [6.45, 7) is 6.14. The zero-order valence-electron chi connectivity index (χ0n) is 16.4. The van der Waals surface area contributed by atoms with E-state index in [4.69, 9.17) is 4.74 Å². The number of carbonyl (C=O) groups excluding carboxylic acids is 1. The van der Waals surface area contributed by atoms with Gasteiger partial charge in [-0.15, -0.1) is 10.2 Å². The maximum Gasteiger partial charge on any atom is 0.237 e. The first-order valence-electron chi connectivity index (χ1n) is 9.10. The Morgan fingerprint density at radius 2 is 1.89 bits per heavy atom. The molecule has 3 rings (SSSR count). The van der Waals surface area contributed by atoms with E-state index in [1.54, 1.807) is 13.4 Å². The predicted octanol–water partition coefficient (Wildman–Crippen LogP) is 4.52. The van der Waals surface area contributed by atoms with Crippen LogP contribution in [0.4, 0.5) is 5.69 Å². The number of benzene rings is 2. The summed E-state index contributed by atoms with van der Waals surface area (Å²) in [5.74, 6) is 1.13. The van der Waals surface area contributed by atoms with Crippen molar-refractivity contribution >= 4 is 23.4 Å². The van der Waals surface area contributed by atoms with E-state index in [1.807, 2.05) is 60.0 Å². The van der Waals surface area contributed by atoms with Crippen molar-refractivity contribution in [3.63, 3.8) is 0 Å². The van der Waals surface area contributed by atoms with Crippen molar-refractivity contribution in [2.75, 3.05) is 12.4 Å². The molecule has 0 bridgehead atoms. The SMILES string of the molecule is COc1cccc(-n2cnnc2S[C@@H](C)C(=O)Nc2ccc(C(C)C)cc2)c1. The van der Waals surface area contributed by atoms with Gasteiger partial charge in [-0.25, -0.2) is 0 Å². The van der Waals surface area contributed by atoms with Crippen LogP contribution in [0.1, 0.15) is 32.3 Å². The topological polar surface area (TPSA) is 69.0 Å². The summed E-state index contributed by atoms with van der Waals surface area (Å²) in [6.07, 6.45) is 1.63. The van der Waals surface area contributed by atoms with E-state index in [0.717, 1.165) is 17.1 Å². The lowest BCUT2D eigenvalue weighted by atomic mass is 10.0. The van der Waals surface area contributed by atoms with Crippen molar-refractivity contribution in [3.05, 3.63) is 60.4 Å². The Kier molecular flexibility index (Phi) is 6.36. The molecule has 0 aliphatic rings. The summed E-state index contributed by atoms with van der Waals surface area (Å²) in [6, 6.07) is 15.6. The van der Waals surface area contributed by atoms with Crippen LogP contribution in [0.2, 0.25) is 0 Å². The molecule has 3 aromatic rings. The summed E-state index contributed by atoms with van der Waals surface area (Å²) in [5.41, 5.74) is 2.91. The molecule has 0 aliphatic heterocycles. The highest BCUT2D eigenvalue weighted by atomic mass is 32.2. The Morgan fingerprint density at radius 3 is 2.57 bits per heavy atom. The van der Waals surface area contributed by atoms with Crippen molar-refractivity contribution in [2.24, 2.45) is 0 Å². The number of carbonyl (C=O) groups is 1. The summed E-state index contributed by atoms with van der Waals surface area (Å²) in [4.78, 5) is 12.6. The second-order valence-electron chi connectivity index (χ2n) is 6.71. The molecule has 7 heteroatoms. The molecule has 28 heavy (non-hydrogen) atoms. The standard InChI is InChI=1S/C21H24N4O2S/c1-14(2)16-8-10-17(11-9-16)23-20(26)15(3)28-21-24-22-13-25(21)18-6-5-7-19(12-18)27-4/h5-15H,1-4H3,(H,23,26)/t15-/m0/s1. The average molecular weight is 397 g/mol. The van der Waals surface area contributed by atoms with Crippen LogP contribution in [0, 0.1) is 0 Å². The van der Waals surface area contributed by atoms with E-state index < -0.39 is 0 Å². The van der Waals surface area contributed by atoms with Gasteiger partial charge in [-0.1, -0.05) is 43.8 Å². The number of anilines is 1. The van der Waals surface area contributed by atoms with Crippen LogP contribution in [-0.4, -0.2) is 33.0 Å². The average Bonchev–Trinajstić information content (AvgIpc) is 3.16. The lowest BCUT2D eigenvalue weighted by Gasteiger charge is -2.13. The van der Waals surface area contributed by atoms with Gasteiger partial charge in [0.05, 0.1) is 18.0 Å². The molecule has 2 aromatic carbocycles. The Balaban J connectivity index is 1.68. The quantitative estimate of drug-likeness (QED) is 0.595. The maximum absolute atomic E-state index is 12.6. The third-order valence-corrected chi connectivity index (χ3v) is 5.40. The molecule has 6 nitrogen and oxygen atoms in total. The molecule has 146 valence electrons. The molecule has 0 unspecified atom stereocenters. The Bertz CT molecular complexity index is 938. The van der Waals surface area contributed by atoms with Gasteiger partial charge in [0, 0.05) is 11.8 Å². The number of ether oxygens (including phenoxy) is 1. The van der Waals surface area contributed by atoms with E-state index >= 15 is 0 Å². The zero-order valence-corrected chi connectivity index (χ0v) is 17.2. The Morgan fingerprint density at radius 1 is 1.14 bits per heavy atom. The minimum absolute atomic E-state index is 0.0810.